The summed E-state index contributed by atoms with van der Waals surface area (Å²) < 4.78 is 5.73. The van der Waals surface area contributed by atoms with E-state index in [1.165, 1.54) is 38.0 Å². The van der Waals surface area contributed by atoms with Gasteiger partial charge in [-0.2, -0.15) is 0 Å². The van der Waals surface area contributed by atoms with E-state index in [0.29, 0.717) is 12.1 Å². The molecule has 0 radical (unpaired) electrons. The predicted octanol–water partition coefficient (Wildman–Crippen LogP) is 2.58. The van der Waals surface area contributed by atoms with E-state index in [1.54, 1.807) is 0 Å². The Bertz CT molecular complexity index is 413. The van der Waals surface area contributed by atoms with Crippen LogP contribution in [0.1, 0.15) is 37.8 Å². The van der Waals surface area contributed by atoms with Crippen LogP contribution in [0.25, 0.3) is 0 Å². The van der Waals surface area contributed by atoms with E-state index in [4.69, 9.17) is 4.74 Å². The largest absolute Gasteiger partial charge is 0.493 e. The molecule has 1 saturated heterocycles. The molecule has 0 aromatic heterocycles. The lowest BCUT2D eigenvalue weighted by Gasteiger charge is -2.35. The summed E-state index contributed by atoms with van der Waals surface area (Å²) in [5.41, 5.74) is 1.34. The maximum Gasteiger partial charge on any atom is 0.124 e. The van der Waals surface area contributed by atoms with Crippen molar-refractivity contribution < 1.29 is 4.74 Å². The van der Waals surface area contributed by atoms with E-state index in [9.17, 15) is 0 Å². The van der Waals surface area contributed by atoms with Gasteiger partial charge in [0, 0.05) is 24.1 Å². The fourth-order valence-corrected chi connectivity index (χ4v) is 3.22. The number of nitrogens with one attached hydrogen (secondary N) is 1. The Morgan fingerprint density at radius 2 is 2.00 bits per heavy atom. The third kappa shape index (κ3) is 2.93. The number of nitrogens with zero attached hydrogens (tertiary/aromatic N) is 1. The van der Waals surface area contributed by atoms with E-state index in [2.05, 4.69) is 41.4 Å². The molecule has 3 heteroatoms. The first-order valence-electron chi connectivity index (χ1n) is 7.57. The molecule has 0 bridgehead atoms. The lowest BCUT2D eigenvalue weighted by atomic mass is 9.97. The Hall–Kier alpha value is -1.06. The van der Waals surface area contributed by atoms with Gasteiger partial charge < -0.3 is 15.0 Å². The number of hydrogen-bond acceptors (Lipinski definition) is 3. The van der Waals surface area contributed by atoms with Crippen molar-refractivity contribution >= 4 is 0 Å². The average Bonchev–Trinajstić information content (AvgIpc) is 2.48. The minimum atomic E-state index is 0.475. The molecule has 1 fully saturated rings. The number of piperidine rings is 1. The molecule has 0 saturated carbocycles. The maximum atomic E-state index is 5.73. The molecule has 1 aromatic carbocycles. The van der Waals surface area contributed by atoms with Crippen LogP contribution in [-0.4, -0.2) is 37.2 Å². The minimum absolute atomic E-state index is 0.475. The third-order valence-corrected chi connectivity index (χ3v) is 4.43. The molecule has 104 valence electrons. The van der Waals surface area contributed by atoms with Crippen LogP contribution in [0.15, 0.2) is 24.3 Å². The summed E-state index contributed by atoms with van der Waals surface area (Å²) in [4.78, 5) is 2.54. The first kappa shape index (κ1) is 12.9. The van der Waals surface area contributed by atoms with Crippen LogP contribution in [0.3, 0.4) is 0 Å². The van der Waals surface area contributed by atoms with Gasteiger partial charge in [-0.05, 0) is 38.5 Å². The van der Waals surface area contributed by atoms with Crippen molar-refractivity contribution in [3.8, 4) is 5.75 Å². The first-order valence-corrected chi connectivity index (χ1v) is 7.57. The molecular weight excluding hydrogens is 236 g/mol. The van der Waals surface area contributed by atoms with Crippen LogP contribution >= 0.6 is 0 Å². The van der Waals surface area contributed by atoms with Crippen molar-refractivity contribution in [2.24, 2.45) is 0 Å². The van der Waals surface area contributed by atoms with E-state index in [0.717, 1.165) is 18.8 Å². The van der Waals surface area contributed by atoms with Crippen molar-refractivity contribution in [2.75, 3.05) is 26.2 Å². The van der Waals surface area contributed by atoms with Crippen LogP contribution in [0.5, 0.6) is 5.75 Å². The van der Waals surface area contributed by atoms with Crippen molar-refractivity contribution in [1.82, 2.24) is 10.2 Å². The molecule has 2 aliphatic rings. The molecule has 1 unspecified atom stereocenters. The highest BCUT2D eigenvalue weighted by atomic mass is 16.5. The quantitative estimate of drug-likeness (QED) is 0.904. The second-order valence-electron chi connectivity index (χ2n) is 5.60. The van der Waals surface area contributed by atoms with Crippen molar-refractivity contribution in [1.29, 1.82) is 0 Å². The summed E-state index contributed by atoms with van der Waals surface area (Å²) in [5.74, 6) is 1.07. The molecule has 0 spiro atoms. The van der Waals surface area contributed by atoms with E-state index in [1.807, 2.05) is 0 Å². The van der Waals surface area contributed by atoms with Gasteiger partial charge in [0.05, 0.1) is 6.61 Å². The lowest BCUT2D eigenvalue weighted by Crippen LogP contribution is -2.44. The average molecular weight is 260 g/mol. The first-order chi connectivity index (χ1) is 9.36. The Morgan fingerprint density at radius 1 is 1.21 bits per heavy atom. The summed E-state index contributed by atoms with van der Waals surface area (Å²) in [6.45, 7) is 6.75. The van der Waals surface area contributed by atoms with Crippen molar-refractivity contribution in [3.63, 3.8) is 0 Å². The Kier molecular flexibility index (Phi) is 4.04. The summed E-state index contributed by atoms with van der Waals surface area (Å²) in [7, 11) is 0. The fraction of sp³-hybridized carbons (Fsp3) is 0.625. The van der Waals surface area contributed by atoms with Crippen molar-refractivity contribution in [2.45, 2.75) is 38.3 Å². The second kappa shape index (κ2) is 5.93. The molecule has 1 atom stereocenters. The Balaban J connectivity index is 1.62. The van der Waals surface area contributed by atoms with Crippen LogP contribution in [0.2, 0.25) is 0 Å². The Labute approximate surface area is 115 Å². The van der Waals surface area contributed by atoms with Gasteiger partial charge in [-0.1, -0.05) is 25.1 Å². The van der Waals surface area contributed by atoms with Crippen LogP contribution < -0.4 is 10.1 Å². The van der Waals surface area contributed by atoms with Crippen LogP contribution in [0.4, 0.5) is 0 Å². The minimum Gasteiger partial charge on any atom is -0.493 e. The van der Waals surface area contributed by atoms with Gasteiger partial charge in [0.1, 0.15) is 5.75 Å². The zero-order valence-corrected chi connectivity index (χ0v) is 11.8. The molecule has 1 aromatic rings. The fourth-order valence-electron chi connectivity index (χ4n) is 3.22. The van der Waals surface area contributed by atoms with E-state index < -0.39 is 0 Å². The Morgan fingerprint density at radius 3 is 2.79 bits per heavy atom. The third-order valence-electron chi connectivity index (χ3n) is 4.43. The molecule has 3 rings (SSSR count). The van der Waals surface area contributed by atoms with Crippen molar-refractivity contribution in [3.05, 3.63) is 29.8 Å². The van der Waals surface area contributed by atoms with Gasteiger partial charge >= 0.3 is 0 Å². The standard InChI is InChI=1S/C16H24N2O/c1-2-18-10-7-13(8-11-18)17-15-9-12-19-16-6-4-3-5-14(15)16/h3-6,13,15,17H,2,7-12H2,1H3. The number of para-hydroxylation sites is 1. The van der Waals surface area contributed by atoms with Crippen LogP contribution in [-0.2, 0) is 0 Å². The zero-order valence-electron chi connectivity index (χ0n) is 11.8. The molecule has 1 N–H and O–H groups in total. The summed E-state index contributed by atoms with van der Waals surface area (Å²) in [5, 5.41) is 3.85. The highest BCUT2D eigenvalue weighted by molar-refractivity contribution is 5.37. The topological polar surface area (TPSA) is 24.5 Å². The molecule has 3 nitrogen and oxygen atoms in total. The highest BCUT2D eigenvalue weighted by Crippen LogP contribution is 2.32. The monoisotopic (exact) mass is 260 g/mol. The highest BCUT2D eigenvalue weighted by Gasteiger charge is 2.25. The van der Waals surface area contributed by atoms with E-state index >= 15 is 0 Å². The summed E-state index contributed by atoms with van der Waals surface area (Å²) in [6, 6.07) is 9.60. The summed E-state index contributed by atoms with van der Waals surface area (Å²) >= 11 is 0. The predicted molar refractivity (Wildman–Crippen MR) is 77.6 cm³/mol. The number of hydrogen-bond donors (Lipinski definition) is 1. The van der Waals surface area contributed by atoms with Gasteiger partial charge in [-0.3, -0.25) is 0 Å². The maximum absolute atomic E-state index is 5.73. The van der Waals surface area contributed by atoms with Gasteiger partial charge in [0.2, 0.25) is 0 Å². The molecule has 2 heterocycles. The smallest absolute Gasteiger partial charge is 0.124 e. The molecule has 0 aliphatic carbocycles. The number of likely N-dealkylation sites (tertiary alicyclic amines) is 1. The summed E-state index contributed by atoms with van der Waals surface area (Å²) in [6.07, 6.45) is 3.63. The lowest BCUT2D eigenvalue weighted by molar-refractivity contribution is 0.184. The molecule has 19 heavy (non-hydrogen) atoms. The van der Waals surface area contributed by atoms with Gasteiger partial charge in [0.25, 0.3) is 0 Å². The number of benzene rings is 1. The van der Waals surface area contributed by atoms with Gasteiger partial charge in [-0.15, -0.1) is 0 Å². The zero-order chi connectivity index (χ0) is 13.1. The number of ether oxygens (including phenoxy) is 1. The second-order valence-corrected chi connectivity index (χ2v) is 5.60. The SMILES string of the molecule is CCN1CCC(NC2CCOc3ccccc32)CC1. The molecular formula is C16H24N2O. The van der Waals surface area contributed by atoms with Gasteiger partial charge in [0.15, 0.2) is 0 Å². The molecule has 2 aliphatic heterocycles. The van der Waals surface area contributed by atoms with Gasteiger partial charge in [-0.25, -0.2) is 0 Å². The van der Waals surface area contributed by atoms with E-state index in [-0.39, 0.29) is 0 Å². The molecule has 0 amide bonds. The van der Waals surface area contributed by atoms with Crippen LogP contribution in [0, 0.1) is 0 Å². The normalized spacial score (nSPS) is 24.8. The number of fused-ring (bicyclic) bond motifs is 1. The number of rotatable bonds is 3.